The molecule has 0 saturated carbocycles. The van der Waals surface area contributed by atoms with Crippen molar-refractivity contribution in [3.63, 3.8) is 0 Å². The van der Waals surface area contributed by atoms with E-state index >= 15 is 0 Å². The van der Waals surface area contributed by atoms with Gasteiger partial charge in [0.05, 0.1) is 16.7 Å². The van der Waals surface area contributed by atoms with Crippen molar-refractivity contribution in [3.8, 4) is 0 Å². The molecule has 1 N–H and O–H groups in total. The van der Waals surface area contributed by atoms with Crippen LogP contribution in [0.2, 0.25) is 0 Å². The fourth-order valence-corrected chi connectivity index (χ4v) is 2.98. The summed E-state index contributed by atoms with van der Waals surface area (Å²) in [5.41, 5.74) is 1.76. The van der Waals surface area contributed by atoms with Crippen molar-refractivity contribution in [1.82, 2.24) is 10.3 Å². The van der Waals surface area contributed by atoms with Crippen LogP contribution in [-0.4, -0.2) is 22.2 Å². The Morgan fingerprint density at radius 2 is 2.25 bits per heavy atom. The number of nitrogens with zero attached hydrogens (tertiary/aromatic N) is 1. The number of aromatic nitrogens is 1. The summed E-state index contributed by atoms with van der Waals surface area (Å²) in [6.07, 6.45) is 2.98. The standard InChI is InChI=1S/C12H20N2OS/c1-11(2)5-10(12(3,4)15-11)14-7-9-6-13-8-16-9/h6,8,10,14H,5,7H2,1-4H3. The summed E-state index contributed by atoms with van der Waals surface area (Å²) in [5, 5.41) is 3.58. The normalized spacial score (nSPS) is 27.1. The van der Waals surface area contributed by atoms with Crippen LogP contribution in [0, 0.1) is 0 Å². The number of hydrogen-bond acceptors (Lipinski definition) is 4. The Balaban J connectivity index is 1.95. The molecule has 4 heteroatoms. The van der Waals surface area contributed by atoms with E-state index in [4.69, 9.17) is 4.74 Å². The topological polar surface area (TPSA) is 34.2 Å². The molecule has 0 aromatic carbocycles. The lowest BCUT2D eigenvalue weighted by molar-refractivity contribution is -0.0699. The molecule has 0 aliphatic carbocycles. The van der Waals surface area contributed by atoms with Crippen LogP contribution in [0.25, 0.3) is 0 Å². The second-order valence-corrected chi connectivity index (χ2v) is 6.54. The first kappa shape index (κ1) is 12.0. The van der Waals surface area contributed by atoms with Crippen molar-refractivity contribution in [2.45, 2.75) is 57.9 Å². The molecule has 2 rings (SSSR count). The van der Waals surface area contributed by atoms with Gasteiger partial charge in [-0.3, -0.25) is 4.98 Å². The van der Waals surface area contributed by atoms with E-state index < -0.39 is 0 Å². The number of rotatable bonds is 3. The van der Waals surface area contributed by atoms with Crippen molar-refractivity contribution in [2.75, 3.05) is 0 Å². The molecule has 1 unspecified atom stereocenters. The van der Waals surface area contributed by atoms with Crippen LogP contribution in [0.3, 0.4) is 0 Å². The molecule has 0 radical (unpaired) electrons. The van der Waals surface area contributed by atoms with Crippen LogP contribution in [0.15, 0.2) is 11.7 Å². The number of hydrogen-bond donors (Lipinski definition) is 1. The molecule has 0 amide bonds. The van der Waals surface area contributed by atoms with Gasteiger partial charge in [-0.1, -0.05) is 0 Å². The number of ether oxygens (including phenoxy) is 1. The molecule has 3 nitrogen and oxygen atoms in total. The zero-order valence-corrected chi connectivity index (χ0v) is 11.2. The summed E-state index contributed by atoms with van der Waals surface area (Å²) in [4.78, 5) is 5.36. The van der Waals surface area contributed by atoms with Crippen LogP contribution in [0.1, 0.15) is 39.0 Å². The molecule has 90 valence electrons. The Kier molecular flexibility index (Phi) is 3.07. The van der Waals surface area contributed by atoms with E-state index in [1.807, 2.05) is 11.7 Å². The van der Waals surface area contributed by atoms with Crippen LogP contribution in [-0.2, 0) is 11.3 Å². The molecule has 1 aliphatic heterocycles. The first-order valence-corrected chi connectivity index (χ1v) is 6.58. The van der Waals surface area contributed by atoms with E-state index in [9.17, 15) is 0 Å². The predicted octanol–water partition coefficient (Wildman–Crippen LogP) is 2.58. The van der Waals surface area contributed by atoms with Gasteiger partial charge in [0.1, 0.15) is 0 Å². The van der Waals surface area contributed by atoms with Crippen LogP contribution >= 0.6 is 11.3 Å². The van der Waals surface area contributed by atoms with E-state index in [1.54, 1.807) is 11.3 Å². The van der Waals surface area contributed by atoms with Gasteiger partial charge in [-0.15, -0.1) is 11.3 Å². The SMILES string of the molecule is CC1(C)CC(NCc2cncs2)C(C)(C)O1. The Morgan fingerprint density at radius 1 is 1.50 bits per heavy atom. The van der Waals surface area contributed by atoms with Crippen LogP contribution in [0.4, 0.5) is 0 Å². The fraction of sp³-hybridized carbons (Fsp3) is 0.750. The molecular weight excluding hydrogens is 220 g/mol. The molecular formula is C12H20N2OS. The minimum Gasteiger partial charge on any atom is -0.368 e. The highest BCUT2D eigenvalue weighted by molar-refractivity contribution is 7.09. The Morgan fingerprint density at radius 3 is 2.75 bits per heavy atom. The summed E-state index contributed by atoms with van der Waals surface area (Å²) in [5.74, 6) is 0. The highest BCUT2D eigenvalue weighted by Gasteiger charge is 2.45. The quantitative estimate of drug-likeness (QED) is 0.881. The molecule has 1 aromatic rings. The molecule has 16 heavy (non-hydrogen) atoms. The molecule has 1 fully saturated rings. The van der Waals surface area contributed by atoms with Gasteiger partial charge in [-0.2, -0.15) is 0 Å². The maximum absolute atomic E-state index is 6.04. The number of thiazole rings is 1. The lowest BCUT2D eigenvalue weighted by Gasteiger charge is -2.27. The molecule has 1 saturated heterocycles. The van der Waals surface area contributed by atoms with Gasteiger partial charge in [0.15, 0.2) is 0 Å². The number of nitrogens with one attached hydrogen (secondary N) is 1. The van der Waals surface area contributed by atoms with Crippen molar-refractivity contribution < 1.29 is 4.74 Å². The van der Waals surface area contributed by atoms with Gasteiger partial charge >= 0.3 is 0 Å². The summed E-state index contributed by atoms with van der Waals surface area (Å²) in [6, 6.07) is 0.407. The zero-order chi connectivity index (χ0) is 11.8. The average molecular weight is 240 g/mol. The van der Waals surface area contributed by atoms with E-state index in [-0.39, 0.29) is 11.2 Å². The average Bonchev–Trinajstić information content (AvgIpc) is 2.67. The smallest absolute Gasteiger partial charge is 0.0794 e. The zero-order valence-electron chi connectivity index (χ0n) is 10.4. The van der Waals surface area contributed by atoms with Crippen molar-refractivity contribution in [1.29, 1.82) is 0 Å². The summed E-state index contributed by atoms with van der Waals surface area (Å²) in [6.45, 7) is 9.52. The van der Waals surface area contributed by atoms with E-state index in [1.165, 1.54) is 4.88 Å². The van der Waals surface area contributed by atoms with Gasteiger partial charge < -0.3 is 10.1 Å². The highest BCUT2D eigenvalue weighted by atomic mass is 32.1. The van der Waals surface area contributed by atoms with Gasteiger partial charge in [0.25, 0.3) is 0 Å². The van der Waals surface area contributed by atoms with Crippen LogP contribution in [0.5, 0.6) is 0 Å². The summed E-state index contributed by atoms with van der Waals surface area (Å²) < 4.78 is 6.04. The van der Waals surface area contributed by atoms with Gasteiger partial charge in [0, 0.05) is 23.7 Å². The van der Waals surface area contributed by atoms with E-state index in [0.717, 1.165) is 13.0 Å². The molecule has 1 atom stereocenters. The molecule has 2 heterocycles. The van der Waals surface area contributed by atoms with Crippen molar-refractivity contribution >= 4 is 11.3 Å². The predicted molar refractivity (Wildman–Crippen MR) is 66.6 cm³/mol. The maximum Gasteiger partial charge on any atom is 0.0794 e. The second-order valence-electron chi connectivity index (χ2n) is 5.57. The summed E-state index contributed by atoms with van der Waals surface area (Å²) in [7, 11) is 0. The van der Waals surface area contributed by atoms with Gasteiger partial charge in [-0.05, 0) is 34.1 Å². The molecule has 0 spiro atoms. The minimum absolute atomic E-state index is 0.0190. The van der Waals surface area contributed by atoms with Gasteiger partial charge in [-0.25, -0.2) is 0 Å². The summed E-state index contributed by atoms with van der Waals surface area (Å²) >= 11 is 1.69. The highest BCUT2D eigenvalue weighted by Crippen LogP contribution is 2.37. The van der Waals surface area contributed by atoms with Gasteiger partial charge in [0.2, 0.25) is 0 Å². The third kappa shape index (κ3) is 2.62. The Hall–Kier alpha value is -0.450. The lowest BCUT2D eigenvalue weighted by Crippen LogP contribution is -2.42. The third-order valence-electron chi connectivity index (χ3n) is 3.08. The van der Waals surface area contributed by atoms with E-state index in [2.05, 4.69) is 38.0 Å². The second kappa shape index (κ2) is 4.09. The van der Waals surface area contributed by atoms with Crippen molar-refractivity contribution in [2.24, 2.45) is 0 Å². The molecule has 1 aromatic heterocycles. The molecule has 1 aliphatic rings. The third-order valence-corrected chi connectivity index (χ3v) is 3.86. The first-order valence-electron chi connectivity index (χ1n) is 5.70. The van der Waals surface area contributed by atoms with E-state index in [0.29, 0.717) is 6.04 Å². The Bertz CT molecular complexity index is 346. The minimum atomic E-state index is -0.0891. The first-order chi connectivity index (χ1) is 7.39. The fourth-order valence-electron chi connectivity index (χ4n) is 2.43. The molecule has 0 bridgehead atoms. The maximum atomic E-state index is 6.04. The lowest BCUT2D eigenvalue weighted by atomic mass is 9.94. The largest absolute Gasteiger partial charge is 0.368 e. The monoisotopic (exact) mass is 240 g/mol. The Labute approximate surface area is 101 Å². The van der Waals surface area contributed by atoms with Crippen molar-refractivity contribution in [3.05, 3.63) is 16.6 Å². The van der Waals surface area contributed by atoms with Crippen LogP contribution < -0.4 is 5.32 Å².